The summed E-state index contributed by atoms with van der Waals surface area (Å²) in [4.78, 5) is 15.8. The fourth-order valence-corrected chi connectivity index (χ4v) is 2.79. The third kappa shape index (κ3) is 5.27. The van der Waals surface area contributed by atoms with Gasteiger partial charge in [-0.2, -0.15) is 4.39 Å². The first-order valence-electron chi connectivity index (χ1n) is 8.48. The third-order valence-electron chi connectivity index (χ3n) is 4.08. The molecule has 0 unspecified atom stereocenters. The summed E-state index contributed by atoms with van der Waals surface area (Å²) in [6.07, 6.45) is 1.29. The maximum absolute atomic E-state index is 13.3. The number of aromatic nitrogens is 1. The van der Waals surface area contributed by atoms with Crippen molar-refractivity contribution >= 4 is 23.2 Å². The summed E-state index contributed by atoms with van der Waals surface area (Å²) in [6, 6.07) is 12.0. The second-order valence-electron chi connectivity index (χ2n) is 6.21. The summed E-state index contributed by atoms with van der Waals surface area (Å²) in [5, 5.41) is 3.12. The molecule has 0 aliphatic heterocycles. The van der Waals surface area contributed by atoms with E-state index in [-0.39, 0.29) is 18.9 Å². The monoisotopic (exact) mass is 402 g/mol. The van der Waals surface area contributed by atoms with E-state index < -0.39 is 11.8 Å². The fourth-order valence-electron chi connectivity index (χ4n) is 2.60. The minimum Gasteiger partial charge on any atom is -0.487 e. The maximum atomic E-state index is 13.3. The van der Waals surface area contributed by atoms with Crippen LogP contribution in [0.15, 0.2) is 54.7 Å². The number of nitrogens with one attached hydrogen (secondary N) is 1. The molecule has 1 amide bonds. The van der Waals surface area contributed by atoms with Gasteiger partial charge in [-0.15, -0.1) is 0 Å². The molecule has 0 fully saturated rings. The molecule has 144 valence electrons. The van der Waals surface area contributed by atoms with Crippen LogP contribution in [0.3, 0.4) is 0 Å². The second kappa shape index (κ2) is 8.80. The topological polar surface area (TPSA) is 51.2 Å². The summed E-state index contributed by atoms with van der Waals surface area (Å²) in [5.41, 5.74) is 2.86. The Morgan fingerprint density at radius 1 is 1.11 bits per heavy atom. The third-order valence-corrected chi connectivity index (χ3v) is 4.45. The molecule has 3 rings (SSSR count). The zero-order valence-electron chi connectivity index (χ0n) is 15.0. The molecule has 28 heavy (non-hydrogen) atoms. The number of carbonyl (C=O) groups excluding carboxylic acids is 1. The van der Waals surface area contributed by atoms with Gasteiger partial charge < -0.3 is 10.1 Å². The first kappa shape index (κ1) is 19.8. The van der Waals surface area contributed by atoms with Crippen LogP contribution in [0.5, 0.6) is 5.75 Å². The molecule has 1 heterocycles. The summed E-state index contributed by atoms with van der Waals surface area (Å²) >= 11 is 6.00. The fraction of sp³-hybridized carbons (Fsp3) is 0.143. The molecular formula is C21H17ClF2N2O2. The zero-order valence-corrected chi connectivity index (χ0v) is 15.8. The van der Waals surface area contributed by atoms with Crippen molar-refractivity contribution in [2.24, 2.45) is 0 Å². The van der Waals surface area contributed by atoms with Crippen molar-refractivity contribution in [3.8, 4) is 5.75 Å². The van der Waals surface area contributed by atoms with Crippen molar-refractivity contribution in [3.63, 3.8) is 0 Å². The number of halogens is 3. The van der Waals surface area contributed by atoms with E-state index in [0.717, 1.165) is 11.1 Å². The van der Waals surface area contributed by atoms with Gasteiger partial charge in [-0.05, 0) is 66.1 Å². The van der Waals surface area contributed by atoms with E-state index in [1.165, 1.54) is 36.5 Å². The van der Waals surface area contributed by atoms with E-state index in [0.29, 0.717) is 22.0 Å². The summed E-state index contributed by atoms with van der Waals surface area (Å²) in [6.45, 7) is 2.17. The molecule has 1 aromatic heterocycles. The van der Waals surface area contributed by atoms with Crippen molar-refractivity contribution < 1.29 is 18.3 Å². The van der Waals surface area contributed by atoms with Crippen LogP contribution < -0.4 is 10.1 Å². The highest BCUT2D eigenvalue weighted by atomic mass is 35.5. The predicted octanol–water partition coefficient (Wildman–Crippen LogP) is 5.08. The Morgan fingerprint density at radius 3 is 2.64 bits per heavy atom. The Bertz CT molecular complexity index is 994. The number of hydrogen-bond donors (Lipinski definition) is 1. The number of ether oxygens (including phenoxy) is 1. The van der Waals surface area contributed by atoms with E-state index in [2.05, 4.69) is 10.3 Å². The molecule has 0 saturated heterocycles. The average molecular weight is 403 g/mol. The molecule has 0 aliphatic rings. The number of pyridine rings is 1. The largest absolute Gasteiger partial charge is 0.487 e. The van der Waals surface area contributed by atoms with Crippen LogP contribution in [0, 0.1) is 18.7 Å². The van der Waals surface area contributed by atoms with Crippen LogP contribution >= 0.6 is 11.6 Å². The van der Waals surface area contributed by atoms with E-state index >= 15 is 0 Å². The van der Waals surface area contributed by atoms with Crippen LogP contribution in [0.4, 0.5) is 14.5 Å². The molecule has 2 aromatic carbocycles. The van der Waals surface area contributed by atoms with Gasteiger partial charge in [0.05, 0.1) is 12.6 Å². The lowest BCUT2D eigenvalue weighted by Crippen LogP contribution is -2.15. The Labute approximate surface area is 166 Å². The standard InChI is InChI=1S/C21H17ClF2N2O2/c1-13-8-17(26-21(27)10-15-9-16(23)3-6-19(15)22)4-2-14(13)12-28-18-5-7-20(24)25-11-18/h2-9,11H,10,12H2,1H3,(H,26,27). The molecule has 0 spiro atoms. The number of carbonyl (C=O) groups is 1. The van der Waals surface area contributed by atoms with Crippen molar-refractivity contribution in [1.82, 2.24) is 4.98 Å². The summed E-state index contributed by atoms with van der Waals surface area (Å²) in [5.74, 6) is -0.842. The highest BCUT2D eigenvalue weighted by Gasteiger charge is 2.10. The molecule has 4 nitrogen and oxygen atoms in total. The van der Waals surface area contributed by atoms with Gasteiger partial charge in [0.2, 0.25) is 11.9 Å². The molecule has 7 heteroatoms. The Morgan fingerprint density at radius 2 is 1.93 bits per heavy atom. The maximum Gasteiger partial charge on any atom is 0.228 e. The molecule has 3 aromatic rings. The van der Waals surface area contributed by atoms with E-state index in [1.54, 1.807) is 6.07 Å². The minimum atomic E-state index is -0.567. The Hall–Kier alpha value is -2.99. The van der Waals surface area contributed by atoms with Gasteiger partial charge in [-0.25, -0.2) is 9.37 Å². The number of anilines is 1. The lowest BCUT2D eigenvalue weighted by molar-refractivity contribution is -0.115. The summed E-state index contributed by atoms with van der Waals surface area (Å²) < 4.78 is 31.7. The lowest BCUT2D eigenvalue weighted by Gasteiger charge is -2.11. The zero-order chi connectivity index (χ0) is 20.1. The van der Waals surface area contributed by atoms with Gasteiger partial charge in [0.25, 0.3) is 0 Å². The SMILES string of the molecule is Cc1cc(NC(=O)Cc2cc(F)ccc2Cl)ccc1COc1ccc(F)nc1. The first-order valence-corrected chi connectivity index (χ1v) is 8.86. The first-order chi connectivity index (χ1) is 13.4. The lowest BCUT2D eigenvalue weighted by atomic mass is 10.1. The van der Waals surface area contributed by atoms with Crippen molar-refractivity contribution in [3.05, 3.63) is 88.2 Å². The van der Waals surface area contributed by atoms with Gasteiger partial charge >= 0.3 is 0 Å². The Balaban J connectivity index is 1.60. The molecule has 0 atom stereocenters. The van der Waals surface area contributed by atoms with Crippen molar-refractivity contribution in [2.75, 3.05) is 5.32 Å². The van der Waals surface area contributed by atoms with Crippen LogP contribution in [0.1, 0.15) is 16.7 Å². The number of rotatable bonds is 6. The van der Waals surface area contributed by atoms with Crippen LogP contribution in [-0.4, -0.2) is 10.9 Å². The van der Waals surface area contributed by atoms with E-state index in [1.807, 2.05) is 19.1 Å². The number of hydrogen-bond acceptors (Lipinski definition) is 3. The molecule has 0 bridgehead atoms. The second-order valence-corrected chi connectivity index (χ2v) is 6.61. The van der Waals surface area contributed by atoms with Gasteiger partial charge in [0.15, 0.2) is 0 Å². The molecule has 1 N–H and O–H groups in total. The highest BCUT2D eigenvalue weighted by Crippen LogP contribution is 2.20. The van der Waals surface area contributed by atoms with Crippen molar-refractivity contribution in [1.29, 1.82) is 0 Å². The molecular weight excluding hydrogens is 386 g/mol. The van der Waals surface area contributed by atoms with Crippen LogP contribution in [0.25, 0.3) is 0 Å². The number of amides is 1. The molecule has 0 aliphatic carbocycles. The van der Waals surface area contributed by atoms with E-state index in [4.69, 9.17) is 16.3 Å². The minimum absolute atomic E-state index is 0.0297. The Kier molecular flexibility index (Phi) is 6.21. The normalized spacial score (nSPS) is 10.6. The molecule has 0 radical (unpaired) electrons. The van der Waals surface area contributed by atoms with Gasteiger partial charge in [0.1, 0.15) is 18.2 Å². The predicted molar refractivity (Wildman–Crippen MR) is 103 cm³/mol. The molecule has 0 saturated carbocycles. The van der Waals surface area contributed by atoms with Gasteiger partial charge in [0, 0.05) is 10.7 Å². The number of nitrogens with zero attached hydrogens (tertiary/aromatic N) is 1. The van der Waals surface area contributed by atoms with Crippen LogP contribution in [0.2, 0.25) is 5.02 Å². The van der Waals surface area contributed by atoms with Crippen molar-refractivity contribution in [2.45, 2.75) is 20.0 Å². The van der Waals surface area contributed by atoms with Gasteiger partial charge in [-0.3, -0.25) is 4.79 Å². The number of benzene rings is 2. The summed E-state index contributed by atoms with van der Waals surface area (Å²) in [7, 11) is 0. The average Bonchev–Trinajstić information content (AvgIpc) is 2.65. The highest BCUT2D eigenvalue weighted by molar-refractivity contribution is 6.31. The smallest absolute Gasteiger partial charge is 0.228 e. The number of aryl methyl sites for hydroxylation is 1. The van der Waals surface area contributed by atoms with Gasteiger partial charge in [-0.1, -0.05) is 17.7 Å². The quantitative estimate of drug-likeness (QED) is 0.585. The van der Waals surface area contributed by atoms with Crippen LogP contribution in [-0.2, 0) is 17.8 Å². The van der Waals surface area contributed by atoms with E-state index in [9.17, 15) is 13.6 Å².